The van der Waals surface area contributed by atoms with Crippen LogP contribution >= 0.6 is 0 Å². The van der Waals surface area contributed by atoms with Crippen molar-refractivity contribution in [2.75, 3.05) is 20.3 Å². The minimum atomic E-state index is -1.98. The summed E-state index contributed by atoms with van der Waals surface area (Å²) >= 11 is 0. The van der Waals surface area contributed by atoms with Gasteiger partial charge in [-0.15, -0.1) is 0 Å². The van der Waals surface area contributed by atoms with Crippen LogP contribution in [0.25, 0.3) is 21.5 Å². The van der Waals surface area contributed by atoms with E-state index in [9.17, 15) is 35.1 Å². The van der Waals surface area contributed by atoms with E-state index >= 15 is 0 Å². The van der Waals surface area contributed by atoms with Crippen molar-refractivity contribution < 1.29 is 58.8 Å². The van der Waals surface area contributed by atoms with E-state index in [0.717, 1.165) is 0 Å². The molecule has 0 amide bonds. The molecule has 45 heavy (non-hydrogen) atoms. The molecule has 3 aliphatic heterocycles. The van der Waals surface area contributed by atoms with Crippen molar-refractivity contribution in [3.05, 3.63) is 34.9 Å². The Morgan fingerprint density at radius 1 is 1.07 bits per heavy atom. The summed E-state index contributed by atoms with van der Waals surface area (Å²) in [5, 5.41) is 57.0. The summed E-state index contributed by atoms with van der Waals surface area (Å²) in [5.41, 5.74) is -1.90. The second-order valence-corrected chi connectivity index (χ2v) is 12.3. The van der Waals surface area contributed by atoms with E-state index in [-0.39, 0.29) is 63.2 Å². The van der Waals surface area contributed by atoms with Crippen LogP contribution in [0.2, 0.25) is 0 Å². The predicted molar refractivity (Wildman–Crippen MR) is 156 cm³/mol. The summed E-state index contributed by atoms with van der Waals surface area (Å²) < 4.78 is 30.1. The predicted octanol–water partition coefficient (Wildman–Crippen LogP) is 2.49. The summed E-state index contributed by atoms with van der Waals surface area (Å²) in [6.45, 7) is 4.12. The molecule has 3 aromatic rings. The van der Waals surface area contributed by atoms with Crippen LogP contribution in [0.15, 0.2) is 18.2 Å². The van der Waals surface area contributed by atoms with Gasteiger partial charge in [-0.25, -0.2) is 0 Å². The zero-order valence-electron chi connectivity index (χ0n) is 24.9. The zero-order valence-corrected chi connectivity index (χ0v) is 24.9. The molecule has 0 saturated carbocycles. The number of fused-ring (bicyclic) bond motifs is 6. The number of phenols is 4. The van der Waals surface area contributed by atoms with Crippen LogP contribution in [-0.4, -0.2) is 105 Å². The van der Waals surface area contributed by atoms with E-state index < -0.39 is 65.4 Å². The fourth-order valence-corrected chi connectivity index (χ4v) is 7.62. The van der Waals surface area contributed by atoms with E-state index in [4.69, 9.17) is 23.7 Å². The SMILES string of the molecule is CO[C@H]1OCCN2[C@@H]1O[C@@H]1[C@H](C)O[C@@H](O[C@H]3C[C@](O)(C(C)=O)Cc4c3c(O)c3c(O)c5c(C=O)cccc5c(O)c3c4O)C[C@@H]12. The van der Waals surface area contributed by atoms with Gasteiger partial charge in [0.1, 0.15) is 34.7 Å². The Hall–Kier alpha value is -3.56. The zero-order chi connectivity index (χ0) is 31.9. The average Bonchev–Trinajstić information content (AvgIpc) is 3.40. The number of hydrogen-bond acceptors (Lipinski definition) is 13. The number of Topliss-reactive ketones (excluding diaryl/α,β-unsaturated/α-hetero) is 1. The topological polar surface area (TPSA) is 185 Å². The van der Waals surface area contributed by atoms with Gasteiger partial charge in [-0.3, -0.25) is 14.5 Å². The largest absolute Gasteiger partial charge is 0.507 e. The summed E-state index contributed by atoms with van der Waals surface area (Å²) in [7, 11) is 1.55. The van der Waals surface area contributed by atoms with E-state index in [1.54, 1.807) is 7.11 Å². The number of ether oxygens (including phenoxy) is 5. The van der Waals surface area contributed by atoms with Gasteiger partial charge in [0.25, 0.3) is 0 Å². The number of morpholine rings is 1. The Bertz CT molecular complexity index is 1730. The molecule has 0 aromatic heterocycles. The molecule has 5 N–H and O–H groups in total. The number of methoxy groups -OCH3 is 1. The Balaban J connectivity index is 1.34. The van der Waals surface area contributed by atoms with Gasteiger partial charge in [0.2, 0.25) is 0 Å². The van der Waals surface area contributed by atoms with Crippen LogP contribution in [-0.2, 0) is 34.9 Å². The van der Waals surface area contributed by atoms with Crippen molar-refractivity contribution in [2.24, 2.45) is 0 Å². The molecule has 0 bridgehead atoms. The van der Waals surface area contributed by atoms with Gasteiger partial charge in [0.15, 0.2) is 30.9 Å². The quantitative estimate of drug-likeness (QED) is 0.158. The van der Waals surface area contributed by atoms with Gasteiger partial charge >= 0.3 is 0 Å². The molecule has 4 aliphatic rings. The minimum Gasteiger partial charge on any atom is -0.507 e. The molecule has 3 fully saturated rings. The van der Waals surface area contributed by atoms with E-state index in [1.165, 1.54) is 25.1 Å². The van der Waals surface area contributed by atoms with Gasteiger partial charge in [-0.05, 0) is 13.8 Å². The van der Waals surface area contributed by atoms with Crippen molar-refractivity contribution in [3.63, 3.8) is 0 Å². The third-order valence-corrected chi connectivity index (χ3v) is 9.85. The molecular weight excluding hydrogens is 590 g/mol. The van der Waals surface area contributed by atoms with Crippen molar-refractivity contribution in [1.82, 2.24) is 4.90 Å². The summed E-state index contributed by atoms with van der Waals surface area (Å²) in [6, 6.07) is 4.28. The third kappa shape index (κ3) is 4.41. The third-order valence-electron chi connectivity index (χ3n) is 9.85. The molecule has 7 rings (SSSR count). The van der Waals surface area contributed by atoms with Crippen molar-refractivity contribution in [1.29, 1.82) is 0 Å². The van der Waals surface area contributed by atoms with Crippen LogP contribution < -0.4 is 0 Å². The number of carbonyl (C=O) groups excluding carboxylic acids is 2. The molecule has 3 aromatic carbocycles. The average molecular weight is 626 g/mol. The molecule has 240 valence electrons. The molecule has 3 saturated heterocycles. The second kappa shape index (κ2) is 10.8. The van der Waals surface area contributed by atoms with Crippen LogP contribution in [0.1, 0.15) is 54.3 Å². The number of aldehydes is 1. The fourth-order valence-electron chi connectivity index (χ4n) is 7.62. The number of nitrogens with zero attached hydrogens (tertiary/aromatic N) is 1. The first-order valence-electron chi connectivity index (χ1n) is 14.9. The van der Waals surface area contributed by atoms with Crippen LogP contribution in [0.5, 0.6) is 23.0 Å². The lowest BCUT2D eigenvalue weighted by atomic mass is 9.74. The van der Waals surface area contributed by atoms with Crippen LogP contribution in [0.4, 0.5) is 0 Å². The normalized spacial score (nSPS) is 33.1. The first kappa shape index (κ1) is 30.1. The molecule has 0 unspecified atom stereocenters. The molecule has 13 heteroatoms. The van der Waals surface area contributed by atoms with Crippen molar-refractivity contribution >= 4 is 33.6 Å². The van der Waals surface area contributed by atoms with Gasteiger partial charge in [0, 0.05) is 66.4 Å². The molecule has 3 heterocycles. The van der Waals surface area contributed by atoms with Crippen molar-refractivity contribution in [2.45, 2.75) is 81.9 Å². The smallest absolute Gasteiger partial charge is 0.197 e. The number of hydrogen-bond donors (Lipinski definition) is 5. The molecule has 0 radical (unpaired) electrons. The maximum atomic E-state index is 12.8. The Morgan fingerprint density at radius 2 is 1.82 bits per heavy atom. The van der Waals surface area contributed by atoms with E-state index in [1.807, 2.05) is 6.92 Å². The van der Waals surface area contributed by atoms with E-state index in [2.05, 4.69) is 4.90 Å². The number of benzene rings is 3. The lowest BCUT2D eigenvalue weighted by Gasteiger charge is -2.43. The summed E-state index contributed by atoms with van der Waals surface area (Å²) in [6.07, 6.45) is -3.61. The number of phenolic OH excluding ortho intramolecular Hbond substituents is 4. The highest BCUT2D eigenvalue weighted by Gasteiger charge is 2.54. The lowest BCUT2D eigenvalue weighted by Crippen LogP contribution is -2.55. The monoisotopic (exact) mass is 625 g/mol. The minimum absolute atomic E-state index is 0.00758. The van der Waals surface area contributed by atoms with Gasteiger partial charge < -0.3 is 49.2 Å². The van der Waals surface area contributed by atoms with Gasteiger partial charge in [0.05, 0.1) is 29.6 Å². The number of aromatic hydroxyl groups is 4. The number of carbonyl (C=O) groups is 2. The molecule has 13 nitrogen and oxygen atoms in total. The highest BCUT2D eigenvalue weighted by Crippen LogP contribution is 2.57. The van der Waals surface area contributed by atoms with E-state index in [0.29, 0.717) is 25.9 Å². The van der Waals surface area contributed by atoms with Crippen molar-refractivity contribution in [3.8, 4) is 23.0 Å². The first-order chi connectivity index (χ1) is 21.5. The highest BCUT2D eigenvalue weighted by molar-refractivity contribution is 6.18. The number of ketones is 1. The van der Waals surface area contributed by atoms with Crippen LogP contribution in [0, 0.1) is 0 Å². The second-order valence-electron chi connectivity index (χ2n) is 12.3. The maximum Gasteiger partial charge on any atom is 0.197 e. The first-order valence-corrected chi connectivity index (χ1v) is 14.9. The summed E-state index contributed by atoms with van der Waals surface area (Å²) in [4.78, 5) is 26.7. The lowest BCUT2D eigenvalue weighted by molar-refractivity contribution is -0.256. The number of rotatable bonds is 5. The Kier molecular flexibility index (Phi) is 7.20. The highest BCUT2D eigenvalue weighted by atomic mass is 16.7. The Morgan fingerprint density at radius 3 is 2.53 bits per heavy atom. The van der Waals surface area contributed by atoms with Gasteiger partial charge in [-0.2, -0.15) is 0 Å². The molecule has 8 atom stereocenters. The molecular formula is C32H35NO12. The molecule has 0 spiro atoms. The molecule has 1 aliphatic carbocycles. The maximum absolute atomic E-state index is 12.8. The number of aliphatic hydroxyl groups is 1. The van der Waals surface area contributed by atoms with Crippen LogP contribution in [0.3, 0.4) is 0 Å². The fraction of sp³-hybridized carbons (Fsp3) is 0.500. The standard InChI is InChI=1S/C32H35NO12/c1-13-29-18(33-7-8-42-31(41-3)30(33)45-29)9-20(43-13)44-19-11-32(40,14(2)35)10-17-22(19)28(39)24-23(26(17)37)25(36)16-6-4-5-15(12-34)21(16)27(24)38/h4-6,12-13,18-20,29-31,36-40H,7-11H2,1-3H3/t13-,18-,19-,20-,29+,30+,31-,32-/m0/s1. The summed E-state index contributed by atoms with van der Waals surface area (Å²) in [5.74, 6) is -2.66. The Labute approximate surface area is 257 Å². The van der Waals surface area contributed by atoms with Gasteiger partial charge in [-0.1, -0.05) is 18.2 Å².